The van der Waals surface area contributed by atoms with Gasteiger partial charge in [0.15, 0.2) is 18.9 Å². The predicted molar refractivity (Wildman–Crippen MR) is 99.7 cm³/mol. The van der Waals surface area contributed by atoms with E-state index in [1.807, 2.05) is 48.5 Å². The highest BCUT2D eigenvalue weighted by Crippen LogP contribution is 2.43. The molecular weight excluding hydrogens is 356 g/mol. The van der Waals surface area contributed by atoms with Gasteiger partial charge >= 0.3 is 0 Å². The molecule has 0 N–H and O–H groups in total. The van der Waals surface area contributed by atoms with Crippen molar-refractivity contribution in [2.24, 2.45) is 0 Å². The zero-order valence-electron chi connectivity index (χ0n) is 15.0. The van der Waals surface area contributed by atoms with E-state index in [1.54, 1.807) is 0 Å². The largest absolute Gasteiger partial charge is 0.346 e. The van der Waals surface area contributed by atoms with Crippen LogP contribution >= 0.6 is 0 Å². The summed E-state index contributed by atoms with van der Waals surface area (Å²) in [6.45, 7) is 0.410. The third-order valence-electron chi connectivity index (χ3n) is 5.20. The van der Waals surface area contributed by atoms with E-state index in [0.29, 0.717) is 6.61 Å². The number of rotatable bonds is 2. The molecule has 3 aliphatic rings. The topological polar surface area (TPSA) is 46.2 Å². The van der Waals surface area contributed by atoms with Crippen LogP contribution in [0.3, 0.4) is 0 Å². The Morgan fingerprint density at radius 2 is 1.25 bits per heavy atom. The van der Waals surface area contributed by atoms with Crippen molar-refractivity contribution in [2.75, 3.05) is 6.61 Å². The molecule has 28 heavy (non-hydrogen) atoms. The van der Waals surface area contributed by atoms with Gasteiger partial charge in [0.1, 0.15) is 18.3 Å². The minimum Gasteiger partial charge on any atom is -0.346 e. The molecule has 0 saturated carbocycles. The van der Waals surface area contributed by atoms with E-state index in [9.17, 15) is 0 Å². The third kappa shape index (κ3) is 3.00. The second kappa shape index (κ2) is 7.07. The van der Waals surface area contributed by atoms with Crippen LogP contribution in [0.5, 0.6) is 0 Å². The Morgan fingerprint density at radius 3 is 1.86 bits per heavy atom. The van der Waals surface area contributed by atoms with Gasteiger partial charge in [0.05, 0.1) is 6.61 Å². The summed E-state index contributed by atoms with van der Waals surface area (Å²) < 4.78 is 30.0. The zero-order chi connectivity index (χ0) is 19.1. The van der Waals surface area contributed by atoms with E-state index < -0.39 is 18.9 Å². The molecule has 0 bridgehead atoms. The first-order valence-corrected chi connectivity index (χ1v) is 9.12. The molecule has 3 fully saturated rings. The number of fused-ring (bicyclic) bond motifs is 3. The molecule has 2 aromatic carbocycles. The van der Waals surface area contributed by atoms with Crippen molar-refractivity contribution in [2.45, 2.75) is 37.2 Å². The summed E-state index contributed by atoms with van der Waals surface area (Å²) in [5.41, 5.74) is 3.42. The molecule has 0 radical (unpaired) electrons. The van der Waals surface area contributed by atoms with Gasteiger partial charge in [0, 0.05) is 22.3 Å². The summed E-state index contributed by atoms with van der Waals surface area (Å²) in [6, 6.07) is 15.1. The molecule has 0 aliphatic carbocycles. The van der Waals surface area contributed by atoms with Crippen LogP contribution in [0.25, 0.3) is 0 Å². The van der Waals surface area contributed by atoms with Gasteiger partial charge < -0.3 is 23.7 Å². The number of terminal acetylenes is 2. The standard InChI is InChI=1S/C23H18O5/c1-3-14-5-9-16(10-6-14)21-24-13-18-19(26-21)20-23(25-18)28-22(27-20)17-11-7-15(4-2)8-12-17/h1-2,5-12,18-23H,13H2. The van der Waals surface area contributed by atoms with Crippen molar-refractivity contribution in [3.05, 3.63) is 70.8 Å². The number of benzene rings is 2. The zero-order valence-corrected chi connectivity index (χ0v) is 15.0. The molecule has 5 heteroatoms. The fourth-order valence-corrected chi connectivity index (χ4v) is 3.71. The normalized spacial score (nSPS) is 33.5. The third-order valence-corrected chi connectivity index (χ3v) is 5.20. The highest BCUT2D eigenvalue weighted by molar-refractivity contribution is 5.35. The average molecular weight is 374 g/mol. The fraction of sp³-hybridized carbons (Fsp3) is 0.304. The van der Waals surface area contributed by atoms with Gasteiger partial charge in [-0.25, -0.2) is 0 Å². The summed E-state index contributed by atoms with van der Waals surface area (Å²) in [7, 11) is 0. The molecule has 3 heterocycles. The lowest BCUT2D eigenvalue weighted by molar-refractivity contribution is -0.273. The minimum atomic E-state index is -0.511. The van der Waals surface area contributed by atoms with Gasteiger partial charge in [-0.3, -0.25) is 0 Å². The molecule has 3 saturated heterocycles. The van der Waals surface area contributed by atoms with Crippen molar-refractivity contribution in [1.29, 1.82) is 0 Å². The van der Waals surface area contributed by atoms with Crippen LogP contribution in [0.2, 0.25) is 0 Å². The molecule has 0 aromatic heterocycles. The molecular formula is C23H18O5. The Labute approximate surface area is 163 Å². The van der Waals surface area contributed by atoms with Gasteiger partial charge in [-0.05, 0) is 24.3 Å². The predicted octanol–water partition coefficient (Wildman–Crippen LogP) is 2.90. The molecule has 0 amide bonds. The Balaban J connectivity index is 1.30. The highest BCUT2D eigenvalue weighted by atomic mass is 16.8. The Morgan fingerprint density at radius 1 is 0.679 bits per heavy atom. The summed E-state index contributed by atoms with van der Waals surface area (Å²) in [5.74, 6) is 5.20. The second-order valence-corrected chi connectivity index (χ2v) is 6.91. The number of ether oxygens (including phenoxy) is 5. The van der Waals surface area contributed by atoms with Gasteiger partial charge in [0.25, 0.3) is 0 Å². The van der Waals surface area contributed by atoms with Crippen molar-refractivity contribution in [1.82, 2.24) is 0 Å². The molecule has 2 aromatic rings. The second-order valence-electron chi connectivity index (χ2n) is 6.91. The van der Waals surface area contributed by atoms with Crippen LogP contribution in [0.15, 0.2) is 48.5 Å². The monoisotopic (exact) mass is 374 g/mol. The highest BCUT2D eigenvalue weighted by Gasteiger charge is 2.55. The van der Waals surface area contributed by atoms with Crippen molar-refractivity contribution in [3.8, 4) is 24.7 Å². The first-order valence-electron chi connectivity index (χ1n) is 9.12. The van der Waals surface area contributed by atoms with Crippen LogP contribution in [-0.4, -0.2) is 31.2 Å². The SMILES string of the molecule is C#Cc1ccc(C2OCC3OC4OC(c5ccc(C#C)cc5)OC4C3O2)cc1. The maximum Gasteiger partial charge on any atom is 0.190 e. The molecule has 0 spiro atoms. The van der Waals surface area contributed by atoms with E-state index in [4.69, 9.17) is 36.5 Å². The minimum absolute atomic E-state index is 0.221. The molecule has 5 rings (SSSR count). The maximum absolute atomic E-state index is 6.17. The first-order chi connectivity index (χ1) is 13.7. The summed E-state index contributed by atoms with van der Waals surface area (Å²) in [6.07, 6.45) is 8.52. The molecule has 140 valence electrons. The summed E-state index contributed by atoms with van der Waals surface area (Å²) in [4.78, 5) is 0. The number of hydrogen-bond donors (Lipinski definition) is 0. The van der Waals surface area contributed by atoms with Crippen molar-refractivity contribution in [3.63, 3.8) is 0 Å². The van der Waals surface area contributed by atoms with Crippen LogP contribution < -0.4 is 0 Å². The summed E-state index contributed by atoms with van der Waals surface area (Å²) >= 11 is 0. The van der Waals surface area contributed by atoms with Crippen LogP contribution in [0.1, 0.15) is 34.8 Å². The maximum atomic E-state index is 6.17. The smallest absolute Gasteiger partial charge is 0.190 e. The Kier molecular flexibility index (Phi) is 4.41. The van der Waals surface area contributed by atoms with Crippen molar-refractivity contribution >= 4 is 0 Å². The lowest BCUT2D eigenvalue weighted by Gasteiger charge is -2.33. The first kappa shape index (κ1) is 17.5. The van der Waals surface area contributed by atoms with Gasteiger partial charge in [0.2, 0.25) is 0 Å². The quantitative estimate of drug-likeness (QED) is 0.757. The van der Waals surface area contributed by atoms with Crippen LogP contribution in [-0.2, 0) is 23.7 Å². The van der Waals surface area contributed by atoms with E-state index in [1.165, 1.54) is 0 Å². The van der Waals surface area contributed by atoms with Crippen LogP contribution in [0, 0.1) is 24.7 Å². The lowest BCUT2D eigenvalue weighted by Crippen LogP contribution is -2.43. The van der Waals surface area contributed by atoms with E-state index >= 15 is 0 Å². The molecule has 6 unspecified atom stereocenters. The van der Waals surface area contributed by atoms with E-state index in [2.05, 4.69) is 11.8 Å². The Hall–Kier alpha value is -2.64. The fourth-order valence-electron chi connectivity index (χ4n) is 3.71. The van der Waals surface area contributed by atoms with E-state index in [-0.39, 0.29) is 18.3 Å². The van der Waals surface area contributed by atoms with Crippen molar-refractivity contribution < 1.29 is 23.7 Å². The lowest BCUT2D eigenvalue weighted by atomic mass is 10.1. The molecule has 6 atom stereocenters. The summed E-state index contributed by atoms with van der Waals surface area (Å²) in [5, 5.41) is 0. The van der Waals surface area contributed by atoms with E-state index in [0.717, 1.165) is 22.3 Å². The molecule has 5 nitrogen and oxygen atoms in total. The average Bonchev–Trinajstić information content (AvgIpc) is 3.32. The van der Waals surface area contributed by atoms with Gasteiger partial charge in [-0.1, -0.05) is 36.1 Å². The Bertz CT molecular complexity index is 937. The molecule has 3 aliphatic heterocycles. The number of hydrogen-bond acceptors (Lipinski definition) is 5. The van der Waals surface area contributed by atoms with Crippen LogP contribution in [0.4, 0.5) is 0 Å². The van der Waals surface area contributed by atoms with Gasteiger partial charge in [-0.2, -0.15) is 0 Å². The van der Waals surface area contributed by atoms with Gasteiger partial charge in [-0.15, -0.1) is 12.8 Å².